The summed E-state index contributed by atoms with van der Waals surface area (Å²) in [5, 5.41) is 0.313. The zero-order valence-corrected chi connectivity index (χ0v) is 18.9. The summed E-state index contributed by atoms with van der Waals surface area (Å²) in [7, 11) is -1.83. The number of halogens is 2. The van der Waals surface area contributed by atoms with Crippen molar-refractivity contribution in [2.24, 2.45) is 11.8 Å². The van der Waals surface area contributed by atoms with Crippen LogP contribution in [0.15, 0.2) is 10.3 Å². The molecular formula is C19H28Cl2N2O2S2. The van der Waals surface area contributed by atoms with Crippen molar-refractivity contribution >= 4 is 44.6 Å². The molecule has 0 bridgehead atoms. The average Bonchev–Trinajstić information content (AvgIpc) is 3.28. The normalized spacial score (nSPS) is 32.7. The molecule has 4 atom stereocenters. The topological polar surface area (TPSA) is 40.6 Å². The van der Waals surface area contributed by atoms with Crippen molar-refractivity contribution in [2.45, 2.75) is 67.7 Å². The molecule has 1 aromatic rings. The second-order valence-corrected chi connectivity index (χ2v) is 12.7. The van der Waals surface area contributed by atoms with E-state index in [1.165, 1.54) is 51.3 Å². The lowest BCUT2D eigenvalue weighted by atomic mass is 9.75. The lowest BCUT2D eigenvalue weighted by Crippen LogP contribution is -2.46. The van der Waals surface area contributed by atoms with Gasteiger partial charge in [0.05, 0.1) is 5.02 Å². The molecule has 0 aromatic carbocycles. The van der Waals surface area contributed by atoms with Crippen molar-refractivity contribution in [3.8, 4) is 0 Å². The van der Waals surface area contributed by atoms with Gasteiger partial charge in [0.15, 0.2) is 0 Å². The van der Waals surface area contributed by atoms with Gasteiger partial charge in [0.2, 0.25) is 0 Å². The quantitative estimate of drug-likeness (QED) is 0.639. The molecule has 1 saturated heterocycles. The maximum atomic E-state index is 13.0. The number of fused-ring (bicyclic) bond motifs is 1. The standard InChI is InChI=1S/C19H28Cl2N2O2S2/c1-22(27(24,25)18-11-17(20)19(21)26-18)15-6-7-16(10-15)23-9-8-13-4-2-3-5-14(13)12-23/h11,13-16H,2-10,12H2,1H3. The number of hydrogen-bond acceptors (Lipinski definition) is 4. The van der Waals surface area contributed by atoms with E-state index >= 15 is 0 Å². The molecule has 8 heteroatoms. The van der Waals surface area contributed by atoms with Gasteiger partial charge in [0.25, 0.3) is 10.0 Å². The van der Waals surface area contributed by atoms with E-state index in [0.29, 0.717) is 15.4 Å². The van der Waals surface area contributed by atoms with E-state index in [0.717, 1.165) is 42.4 Å². The first-order valence-corrected chi connectivity index (χ1v) is 13.0. The number of likely N-dealkylation sites (tertiary alicyclic amines) is 1. The van der Waals surface area contributed by atoms with Gasteiger partial charge in [-0.3, -0.25) is 0 Å². The Kier molecular flexibility index (Phi) is 6.14. The zero-order chi connectivity index (χ0) is 19.2. The molecule has 2 heterocycles. The van der Waals surface area contributed by atoms with Crippen LogP contribution in [-0.4, -0.2) is 49.8 Å². The van der Waals surface area contributed by atoms with E-state index < -0.39 is 10.0 Å². The Bertz CT molecular complexity index is 763. The molecule has 2 aliphatic carbocycles. The van der Waals surface area contributed by atoms with Gasteiger partial charge in [-0.1, -0.05) is 42.5 Å². The molecule has 0 amide bonds. The highest BCUT2D eigenvalue weighted by Gasteiger charge is 2.40. The summed E-state index contributed by atoms with van der Waals surface area (Å²) in [4.78, 5) is 2.66. The third-order valence-corrected chi connectivity index (χ3v) is 11.2. The van der Waals surface area contributed by atoms with Gasteiger partial charge in [-0.05, 0) is 56.6 Å². The summed E-state index contributed by atoms with van der Waals surface area (Å²) >= 11 is 13.0. The van der Waals surface area contributed by atoms with E-state index in [1.807, 2.05) is 0 Å². The van der Waals surface area contributed by atoms with Gasteiger partial charge in [0, 0.05) is 25.7 Å². The highest BCUT2D eigenvalue weighted by Crippen LogP contribution is 2.40. The predicted molar refractivity (Wildman–Crippen MR) is 112 cm³/mol. The number of thiophene rings is 1. The summed E-state index contributed by atoms with van der Waals surface area (Å²) in [6.07, 6.45) is 9.86. The average molecular weight is 451 g/mol. The van der Waals surface area contributed by atoms with Gasteiger partial charge in [-0.25, -0.2) is 8.42 Å². The van der Waals surface area contributed by atoms with Crippen molar-refractivity contribution in [1.82, 2.24) is 9.21 Å². The fraction of sp³-hybridized carbons (Fsp3) is 0.789. The second kappa shape index (κ2) is 8.11. The fourth-order valence-corrected chi connectivity index (χ4v) is 8.81. The molecule has 152 valence electrons. The Balaban J connectivity index is 1.40. The smallest absolute Gasteiger partial charge is 0.252 e. The Morgan fingerprint density at radius 3 is 2.56 bits per heavy atom. The van der Waals surface area contributed by atoms with Gasteiger partial charge in [-0.2, -0.15) is 4.31 Å². The fourth-order valence-electron chi connectivity index (χ4n) is 5.35. The molecule has 3 aliphatic rings. The monoisotopic (exact) mass is 450 g/mol. The summed E-state index contributed by atoms with van der Waals surface area (Å²) < 4.78 is 28.1. The Morgan fingerprint density at radius 1 is 1.11 bits per heavy atom. The minimum absolute atomic E-state index is 0.0590. The van der Waals surface area contributed by atoms with E-state index in [-0.39, 0.29) is 10.3 Å². The lowest BCUT2D eigenvalue weighted by molar-refractivity contribution is 0.0571. The number of hydrogen-bond donors (Lipinski definition) is 0. The largest absolute Gasteiger partial charge is 0.300 e. The highest BCUT2D eigenvalue weighted by atomic mass is 35.5. The van der Waals surface area contributed by atoms with Crippen LogP contribution >= 0.6 is 34.5 Å². The van der Waals surface area contributed by atoms with Crippen LogP contribution < -0.4 is 0 Å². The number of rotatable bonds is 4. The first-order valence-electron chi connectivity index (χ1n) is 10.0. The van der Waals surface area contributed by atoms with Crippen LogP contribution in [0.3, 0.4) is 0 Å². The lowest BCUT2D eigenvalue weighted by Gasteiger charge is -2.43. The van der Waals surface area contributed by atoms with Crippen molar-refractivity contribution in [3.05, 3.63) is 15.4 Å². The van der Waals surface area contributed by atoms with Crippen LogP contribution in [0.2, 0.25) is 9.36 Å². The van der Waals surface area contributed by atoms with Crippen LogP contribution in [0.25, 0.3) is 0 Å². The first-order chi connectivity index (χ1) is 12.9. The number of nitrogens with zero attached hydrogens (tertiary/aromatic N) is 2. The summed E-state index contributed by atoms with van der Waals surface area (Å²) in [6.45, 7) is 2.40. The predicted octanol–water partition coefficient (Wildman–Crippen LogP) is 5.11. The Hall–Kier alpha value is 0.150. The molecule has 3 fully saturated rings. The van der Waals surface area contributed by atoms with Gasteiger partial charge in [0.1, 0.15) is 8.55 Å². The summed E-state index contributed by atoms with van der Waals surface area (Å²) in [5.74, 6) is 1.80. The molecule has 4 rings (SSSR count). The summed E-state index contributed by atoms with van der Waals surface area (Å²) in [6, 6.07) is 2.05. The van der Waals surface area contributed by atoms with E-state index in [4.69, 9.17) is 23.2 Å². The third-order valence-electron chi connectivity index (χ3n) is 6.99. The van der Waals surface area contributed by atoms with Gasteiger partial charge < -0.3 is 4.90 Å². The summed E-state index contributed by atoms with van der Waals surface area (Å²) in [5.41, 5.74) is 0. The number of piperidine rings is 1. The van der Waals surface area contributed by atoms with Crippen LogP contribution in [0.5, 0.6) is 0 Å². The second-order valence-electron chi connectivity index (χ2n) is 8.42. The third kappa shape index (κ3) is 4.08. The van der Waals surface area contributed by atoms with E-state index in [1.54, 1.807) is 11.4 Å². The maximum absolute atomic E-state index is 13.0. The Labute approximate surface area is 176 Å². The highest BCUT2D eigenvalue weighted by molar-refractivity contribution is 7.91. The molecule has 1 aliphatic heterocycles. The van der Waals surface area contributed by atoms with Crippen molar-refractivity contribution in [1.29, 1.82) is 0 Å². The molecule has 27 heavy (non-hydrogen) atoms. The van der Waals surface area contributed by atoms with Crippen LogP contribution in [0.4, 0.5) is 0 Å². The van der Waals surface area contributed by atoms with Crippen LogP contribution in [-0.2, 0) is 10.0 Å². The molecule has 0 N–H and O–H groups in total. The van der Waals surface area contributed by atoms with Gasteiger partial charge in [-0.15, -0.1) is 11.3 Å². The zero-order valence-electron chi connectivity index (χ0n) is 15.7. The molecule has 4 nitrogen and oxygen atoms in total. The van der Waals surface area contributed by atoms with E-state index in [2.05, 4.69) is 4.90 Å². The minimum atomic E-state index is -3.53. The van der Waals surface area contributed by atoms with Crippen molar-refractivity contribution in [2.75, 3.05) is 20.1 Å². The molecule has 4 unspecified atom stereocenters. The van der Waals surface area contributed by atoms with Crippen LogP contribution in [0.1, 0.15) is 51.4 Å². The molecule has 0 radical (unpaired) electrons. The molecule has 2 saturated carbocycles. The van der Waals surface area contributed by atoms with Gasteiger partial charge >= 0.3 is 0 Å². The molecular weight excluding hydrogens is 423 g/mol. The van der Waals surface area contributed by atoms with Crippen LogP contribution in [0, 0.1) is 11.8 Å². The maximum Gasteiger partial charge on any atom is 0.252 e. The van der Waals surface area contributed by atoms with E-state index in [9.17, 15) is 8.42 Å². The molecule has 0 spiro atoms. The molecule has 1 aromatic heterocycles. The Morgan fingerprint density at radius 2 is 1.85 bits per heavy atom. The number of sulfonamides is 1. The SMILES string of the molecule is CN(C1CCC(N2CCC3CCCCC3C2)C1)S(=O)(=O)c1cc(Cl)c(Cl)s1. The first kappa shape index (κ1) is 20.4. The van der Waals surface area contributed by atoms with Crippen molar-refractivity contribution in [3.63, 3.8) is 0 Å². The van der Waals surface area contributed by atoms with Crippen molar-refractivity contribution < 1.29 is 8.42 Å². The minimum Gasteiger partial charge on any atom is -0.300 e.